The minimum atomic E-state index is -0.0512. The molecule has 0 saturated carbocycles. The Bertz CT molecular complexity index is 3280. The van der Waals surface area contributed by atoms with E-state index in [1.807, 2.05) is 0 Å². The standard InChI is InChI=1S/C55H43N7/c1-59-31-15-18-39(36-59)48-34-42(33-47(57-48)38-17-14-30-56-35-38)61-50-27-10-6-23-44(50)53-43-22-5-9-26-49(43)60(51-28-11-7-24-45(51)54(53)61)41-21-13-16-37(32-41)55-58-46-25-8-12-29-52(46)62(55)40-19-3-2-4-20-40/h2-29,32-36,48,56-57H,30-31H2,1H3. The Hall–Kier alpha value is -8.03. The third kappa shape index (κ3) is 5.85. The fourth-order valence-electron chi connectivity index (χ4n) is 9.67. The molecule has 7 heteroatoms. The predicted molar refractivity (Wildman–Crippen MR) is 255 cm³/mol. The van der Waals surface area contributed by atoms with E-state index in [0.717, 1.165) is 92.0 Å². The van der Waals surface area contributed by atoms with Crippen LogP contribution in [0.4, 0.5) is 17.1 Å². The van der Waals surface area contributed by atoms with Gasteiger partial charge in [0.25, 0.3) is 0 Å². The number of fused-ring (bicyclic) bond motifs is 8. The van der Waals surface area contributed by atoms with Crippen LogP contribution >= 0.6 is 0 Å². The highest BCUT2D eigenvalue weighted by Crippen LogP contribution is 2.55. The van der Waals surface area contributed by atoms with Crippen LogP contribution in [0.1, 0.15) is 0 Å². The Kier molecular flexibility index (Phi) is 8.45. The number of para-hydroxylation sites is 6. The molecule has 7 nitrogen and oxygen atoms in total. The highest BCUT2D eigenvalue weighted by Gasteiger charge is 2.33. The molecule has 8 aromatic rings. The summed E-state index contributed by atoms with van der Waals surface area (Å²) in [4.78, 5) is 9.95. The van der Waals surface area contributed by atoms with E-state index in [0.29, 0.717) is 0 Å². The lowest BCUT2D eigenvalue weighted by Crippen LogP contribution is -2.34. The van der Waals surface area contributed by atoms with Crippen LogP contribution in [0.5, 0.6) is 0 Å². The zero-order valence-electron chi connectivity index (χ0n) is 34.3. The molecule has 0 amide bonds. The number of nitrogens with zero attached hydrogens (tertiary/aromatic N) is 5. The van der Waals surface area contributed by atoms with Gasteiger partial charge >= 0.3 is 0 Å². The number of allylic oxidation sites excluding steroid dienone is 3. The second-order valence-electron chi connectivity index (χ2n) is 16.2. The van der Waals surface area contributed by atoms with Crippen molar-refractivity contribution >= 4 is 44.7 Å². The number of nitrogens with one attached hydrogen (secondary N) is 2. The number of anilines is 3. The highest BCUT2D eigenvalue weighted by molar-refractivity contribution is 6.14. The minimum absolute atomic E-state index is 0.0512. The molecular weight excluding hydrogens is 759 g/mol. The third-order valence-electron chi connectivity index (χ3n) is 12.4. The molecule has 4 aliphatic heterocycles. The molecule has 0 bridgehead atoms. The summed E-state index contributed by atoms with van der Waals surface area (Å²) in [6, 6.07) is 54.5. The number of rotatable bonds is 6. The summed E-state index contributed by atoms with van der Waals surface area (Å²) in [5, 5.41) is 8.55. The maximum Gasteiger partial charge on any atom is 0.145 e. The molecule has 6 heterocycles. The van der Waals surface area contributed by atoms with Crippen LogP contribution in [0.15, 0.2) is 217 Å². The molecule has 0 radical (unpaired) electrons. The lowest BCUT2D eigenvalue weighted by molar-refractivity contribution is 0.494. The van der Waals surface area contributed by atoms with Crippen molar-refractivity contribution in [2.45, 2.75) is 6.04 Å². The quantitative estimate of drug-likeness (QED) is 0.175. The number of hydrogen-bond acceptors (Lipinski definition) is 5. The summed E-state index contributed by atoms with van der Waals surface area (Å²) in [6.07, 6.45) is 18.0. The molecule has 0 aliphatic carbocycles. The maximum atomic E-state index is 5.26. The van der Waals surface area contributed by atoms with Crippen LogP contribution in [0, 0.1) is 0 Å². The van der Waals surface area contributed by atoms with Gasteiger partial charge in [-0.3, -0.25) is 4.57 Å². The topological polar surface area (TPSA) is 53.3 Å². The predicted octanol–water partition coefficient (Wildman–Crippen LogP) is 11.9. The number of imidazole rings is 1. The minimum Gasteiger partial charge on any atom is -0.387 e. The van der Waals surface area contributed by atoms with Gasteiger partial charge < -0.3 is 25.0 Å². The molecule has 0 saturated heterocycles. The number of aromatic nitrogens is 3. The zero-order valence-corrected chi connectivity index (χ0v) is 34.3. The molecule has 2 N–H and O–H groups in total. The second kappa shape index (κ2) is 14.6. The molecule has 12 rings (SSSR count). The average Bonchev–Trinajstić information content (AvgIpc) is 3.86. The Balaban J connectivity index is 1.09. The van der Waals surface area contributed by atoms with Gasteiger partial charge in [-0.15, -0.1) is 0 Å². The first-order valence-electron chi connectivity index (χ1n) is 21.3. The molecule has 1 unspecified atom stereocenters. The van der Waals surface area contributed by atoms with Crippen molar-refractivity contribution in [3.05, 3.63) is 217 Å². The van der Waals surface area contributed by atoms with Crippen molar-refractivity contribution in [3.8, 4) is 39.5 Å². The largest absolute Gasteiger partial charge is 0.387 e. The summed E-state index contributed by atoms with van der Waals surface area (Å²) < 4.78 is 4.78. The van der Waals surface area contributed by atoms with Gasteiger partial charge in [0.05, 0.1) is 39.7 Å². The Morgan fingerprint density at radius 3 is 2.24 bits per heavy atom. The monoisotopic (exact) mass is 801 g/mol. The number of likely N-dealkylation sites (N-methyl/N-ethyl adjacent to an activating group) is 1. The molecule has 6 aromatic carbocycles. The number of hydrogen-bond donors (Lipinski definition) is 2. The SMILES string of the molecule is CN1C=C(C2C=C(n3c4c(c5ccccc53)-c3ccccc3N(c3cccc(-c5nc6ccccc6n5-c5ccccc5)c3)c3ccccc3-4)C=C(C3=CNCC=C3)N2)C=CC1. The van der Waals surface area contributed by atoms with Crippen LogP contribution in [0.3, 0.4) is 0 Å². The summed E-state index contributed by atoms with van der Waals surface area (Å²) in [5.74, 6) is 0.901. The van der Waals surface area contributed by atoms with Gasteiger partial charge in [0, 0.05) is 88.5 Å². The average molecular weight is 802 g/mol. The van der Waals surface area contributed by atoms with Crippen molar-refractivity contribution in [2.24, 2.45) is 0 Å². The summed E-state index contributed by atoms with van der Waals surface area (Å²) >= 11 is 0. The van der Waals surface area contributed by atoms with Crippen LogP contribution in [-0.4, -0.2) is 45.2 Å². The van der Waals surface area contributed by atoms with Gasteiger partial charge in [-0.25, -0.2) is 4.98 Å². The van der Waals surface area contributed by atoms with Gasteiger partial charge in [-0.2, -0.15) is 0 Å². The molecule has 298 valence electrons. The molecule has 0 spiro atoms. The molecule has 62 heavy (non-hydrogen) atoms. The number of benzene rings is 6. The lowest BCUT2D eigenvalue weighted by Gasteiger charge is -2.30. The summed E-state index contributed by atoms with van der Waals surface area (Å²) in [5.41, 5.74) is 17.8. The van der Waals surface area contributed by atoms with Crippen LogP contribution in [0.25, 0.3) is 67.1 Å². The normalized spacial score (nSPS) is 16.6. The fourth-order valence-corrected chi connectivity index (χ4v) is 9.67. The van der Waals surface area contributed by atoms with E-state index in [1.54, 1.807) is 0 Å². The molecule has 2 aromatic heterocycles. The van der Waals surface area contributed by atoms with E-state index >= 15 is 0 Å². The highest BCUT2D eigenvalue weighted by atomic mass is 15.2. The summed E-state index contributed by atoms with van der Waals surface area (Å²) in [7, 11) is 2.14. The number of dihydropyridines is 2. The molecular formula is C55H43N7. The Labute approximate surface area is 360 Å². The van der Waals surface area contributed by atoms with E-state index in [-0.39, 0.29) is 6.04 Å². The molecule has 4 aliphatic rings. The van der Waals surface area contributed by atoms with E-state index in [9.17, 15) is 0 Å². The first-order valence-corrected chi connectivity index (χ1v) is 21.3. The van der Waals surface area contributed by atoms with Gasteiger partial charge in [-0.1, -0.05) is 121 Å². The first kappa shape index (κ1) is 35.9. The van der Waals surface area contributed by atoms with Gasteiger partial charge in [0.2, 0.25) is 0 Å². The van der Waals surface area contributed by atoms with Crippen LogP contribution in [0.2, 0.25) is 0 Å². The second-order valence-corrected chi connectivity index (χ2v) is 16.2. The molecule has 1 atom stereocenters. The van der Waals surface area contributed by atoms with E-state index in [1.165, 1.54) is 22.1 Å². The van der Waals surface area contributed by atoms with Crippen molar-refractivity contribution in [2.75, 3.05) is 25.0 Å². The smallest absolute Gasteiger partial charge is 0.145 e. The lowest BCUT2D eigenvalue weighted by atomic mass is 9.97. The van der Waals surface area contributed by atoms with Crippen molar-refractivity contribution < 1.29 is 0 Å². The van der Waals surface area contributed by atoms with Crippen LogP contribution < -0.4 is 15.5 Å². The molecule has 0 fully saturated rings. The van der Waals surface area contributed by atoms with Crippen molar-refractivity contribution in [1.29, 1.82) is 0 Å². The third-order valence-corrected chi connectivity index (χ3v) is 12.4. The van der Waals surface area contributed by atoms with Gasteiger partial charge in [0.15, 0.2) is 0 Å². The van der Waals surface area contributed by atoms with Crippen LogP contribution in [-0.2, 0) is 0 Å². The first-order chi connectivity index (χ1) is 30.7. The fraction of sp³-hybridized carbons (Fsp3) is 0.0727. The van der Waals surface area contributed by atoms with E-state index in [4.69, 9.17) is 4.98 Å². The van der Waals surface area contributed by atoms with Crippen molar-refractivity contribution in [3.63, 3.8) is 0 Å². The maximum absolute atomic E-state index is 5.26. The van der Waals surface area contributed by atoms with E-state index in [2.05, 4.69) is 237 Å². The van der Waals surface area contributed by atoms with Crippen molar-refractivity contribution in [1.82, 2.24) is 29.7 Å². The zero-order chi connectivity index (χ0) is 41.1. The van der Waals surface area contributed by atoms with Gasteiger partial charge in [-0.05, 0) is 72.3 Å². The Morgan fingerprint density at radius 2 is 1.40 bits per heavy atom. The summed E-state index contributed by atoms with van der Waals surface area (Å²) in [6.45, 7) is 1.71. The Morgan fingerprint density at radius 1 is 0.661 bits per heavy atom. The van der Waals surface area contributed by atoms with Gasteiger partial charge in [0.1, 0.15) is 5.82 Å². The van der Waals surface area contributed by atoms with E-state index < -0.39 is 0 Å².